The van der Waals surface area contributed by atoms with E-state index in [4.69, 9.17) is 10.2 Å². The Labute approximate surface area is 61.9 Å². The minimum absolute atomic E-state index is 0.185. The van der Waals surface area contributed by atoms with Crippen molar-refractivity contribution in [3.8, 4) is 0 Å². The molecule has 0 amide bonds. The Morgan fingerprint density at radius 3 is 1.50 bits per heavy atom. The van der Waals surface area contributed by atoms with Crippen LogP contribution in [0.15, 0.2) is 0 Å². The molecule has 0 bridgehead atoms. The summed E-state index contributed by atoms with van der Waals surface area (Å²) >= 11 is 0. The van der Waals surface area contributed by atoms with Gasteiger partial charge in [0.25, 0.3) is 0 Å². The van der Waals surface area contributed by atoms with E-state index in [1.807, 2.05) is 13.8 Å². The van der Waals surface area contributed by atoms with Crippen LogP contribution in [-0.4, -0.2) is 22.4 Å². The van der Waals surface area contributed by atoms with Gasteiger partial charge in [0.15, 0.2) is 0 Å². The SMILES string of the molecule is CC(O)C1CC(C(C)O)C1. The topological polar surface area (TPSA) is 40.5 Å². The Hall–Kier alpha value is -0.0800. The van der Waals surface area contributed by atoms with Crippen molar-refractivity contribution >= 4 is 0 Å². The van der Waals surface area contributed by atoms with Crippen LogP contribution < -0.4 is 0 Å². The van der Waals surface area contributed by atoms with Gasteiger partial charge in [-0.1, -0.05) is 0 Å². The Morgan fingerprint density at radius 1 is 1.00 bits per heavy atom. The minimum Gasteiger partial charge on any atom is -0.393 e. The summed E-state index contributed by atoms with van der Waals surface area (Å²) in [7, 11) is 0. The van der Waals surface area contributed by atoms with Crippen LogP contribution in [-0.2, 0) is 0 Å². The minimum atomic E-state index is -0.185. The molecule has 1 saturated carbocycles. The second-order valence-corrected chi connectivity index (χ2v) is 3.47. The lowest BCUT2D eigenvalue weighted by atomic mass is 9.70. The second-order valence-electron chi connectivity index (χ2n) is 3.47. The van der Waals surface area contributed by atoms with Crippen LogP contribution in [0.4, 0.5) is 0 Å². The summed E-state index contributed by atoms with van der Waals surface area (Å²) in [5, 5.41) is 18.2. The zero-order valence-corrected chi connectivity index (χ0v) is 6.62. The van der Waals surface area contributed by atoms with Crippen LogP contribution >= 0.6 is 0 Å². The molecule has 2 heteroatoms. The molecule has 0 aliphatic heterocycles. The van der Waals surface area contributed by atoms with Gasteiger partial charge in [-0.05, 0) is 38.5 Å². The summed E-state index contributed by atoms with van der Waals surface area (Å²) in [4.78, 5) is 0. The second kappa shape index (κ2) is 2.89. The van der Waals surface area contributed by atoms with E-state index in [2.05, 4.69) is 0 Å². The summed E-state index contributed by atoms with van der Waals surface area (Å²) in [6, 6.07) is 0. The van der Waals surface area contributed by atoms with E-state index in [-0.39, 0.29) is 12.2 Å². The van der Waals surface area contributed by atoms with E-state index in [1.54, 1.807) is 0 Å². The third-order valence-electron chi connectivity index (χ3n) is 2.58. The largest absolute Gasteiger partial charge is 0.393 e. The average Bonchev–Trinajstić information content (AvgIpc) is 1.56. The first-order chi connectivity index (χ1) is 4.61. The molecular weight excluding hydrogens is 128 g/mol. The molecule has 2 unspecified atom stereocenters. The highest BCUT2D eigenvalue weighted by Gasteiger charge is 2.34. The molecule has 0 saturated heterocycles. The number of aliphatic hydroxyl groups excluding tert-OH is 2. The van der Waals surface area contributed by atoms with Crippen molar-refractivity contribution in [1.82, 2.24) is 0 Å². The number of hydrogen-bond donors (Lipinski definition) is 2. The molecule has 10 heavy (non-hydrogen) atoms. The van der Waals surface area contributed by atoms with Gasteiger partial charge < -0.3 is 10.2 Å². The highest BCUT2D eigenvalue weighted by atomic mass is 16.3. The fraction of sp³-hybridized carbons (Fsp3) is 1.00. The molecule has 0 aromatic carbocycles. The predicted molar refractivity (Wildman–Crippen MR) is 39.6 cm³/mol. The lowest BCUT2D eigenvalue weighted by Crippen LogP contribution is -2.37. The van der Waals surface area contributed by atoms with Gasteiger partial charge in [-0.3, -0.25) is 0 Å². The van der Waals surface area contributed by atoms with Crippen molar-refractivity contribution in [2.24, 2.45) is 11.8 Å². The van der Waals surface area contributed by atoms with Crippen LogP contribution in [0, 0.1) is 11.8 Å². The molecule has 0 radical (unpaired) electrons. The Balaban J connectivity index is 2.18. The lowest BCUT2D eigenvalue weighted by molar-refractivity contribution is -0.0151. The van der Waals surface area contributed by atoms with Crippen LogP contribution in [0.2, 0.25) is 0 Å². The molecule has 0 spiro atoms. The zero-order chi connectivity index (χ0) is 7.72. The normalized spacial score (nSPS) is 38.4. The maximum absolute atomic E-state index is 9.09. The van der Waals surface area contributed by atoms with E-state index in [1.165, 1.54) is 0 Å². The summed E-state index contributed by atoms with van der Waals surface area (Å²) in [5.74, 6) is 0.888. The molecular formula is C8H16O2. The van der Waals surface area contributed by atoms with Crippen LogP contribution in [0.25, 0.3) is 0 Å². The molecule has 1 aliphatic rings. The standard InChI is InChI=1S/C8H16O2/c1-5(9)7-3-8(4-7)6(2)10/h5-10H,3-4H2,1-2H3. The van der Waals surface area contributed by atoms with E-state index in [0.29, 0.717) is 11.8 Å². The van der Waals surface area contributed by atoms with E-state index < -0.39 is 0 Å². The first kappa shape index (κ1) is 8.02. The Kier molecular flexibility index (Phi) is 2.32. The van der Waals surface area contributed by atoms with Gasteiger partial charge in [-0.15, -0.1) is 0 Å². The monoisotopic (exact) mass is 144 g/mol. The van der Waals surface area contributed by atoms with Gasteiger partial charge in [-0.25, -0.2) is 0 Å². The summed E-state index contributed by atoms with van der Waals surface area (Å²) in [6.07, 6.45) is 1.62. The number of hydrogen-bond acceptors (Lipinski definition) is 2. The van der Waals surface area contributed by atoms with Gasteiger partial charge in [-0.2, -0.15) is 0 Å². The van der Waals surface area contributed by atoms with Gasteiger partial charge >= 0.3 is 0 Å². The fourth-order valence-electron chi connectivity index (χ4n) is 1.50. The molecule has 0 heterocycles. The Bertz CT molecular complexity index is 91.8. The average molecular weight is 144 g/mol. The van der Waals surface area contributed by atoms with Crippen molar-refractivity contribution in [3.63, 3.8) is 0 Å². The number of aliphatic hydroxyl groups is 2. The van der Waals surface area contributed by atoms with Gasteiger partial charge in [0.05, 0.1) is 12.2 Å². The molecule has 0 aromatic heterocycles. The van der Waals surface area contributed by atoms with Crippen molar-refractivity contribution in [2.75, 3.05) is 0 Å². The summed E-state index contributed by atoms with van der Waals surface area (Å²) < 4.78 is 0. The van der Waals surface area contributed by atoms with Crippen LogP contribution in [0.3, 0.4) is 0 Å². The third-order valence-corrected chi connectivity index (χ3v) is 2.58. The van der Waals surface area contributed by atoms with Crippen molar-refractivity contribution in [1.29, 1.82) is 0 Å². The highest BCUT2D eigenvalue weighted by Crippen LogP contribution is 2.37. The molecule has 1 rings (SSSR count). The van der Waals surface area contributed by atoms with E-state index >= 15 is 0 Å². The third kappa shape index (κ3) is 1.50. The van der Waals surface area contributed by atoms with Gasteiger partial charge in [0.1, 0.15) is 0 Å². The molecule has 60 valence electrons. The first-order valence-corrected chi connectivity index (χ1v) is 3.97. The number of rotatable bonds is 2. The molecule has 1 fully saturated rings. The van der Waals surface area contributed by atoms with Crippen LogP contribution in [0.5, 0.6) is 0 Å². The maximum Gasteiger partial charge on any atom is 0.0540 e. The molecule has 2 N–H and O–H groups in total. The lowest BCUT2D eigenvalue weighted by Gasteiger charge is -2.38. The smallest absolute Gasteiger partial charge is 0.0540 e. The summed E-state index contributed by atoms with van der Waals surface area (Å²) in [6.45, 7) is 3.64. The van der Waals surface area contributed by atoms with E-state index in [9.17, 15) is 0 Å². The predicted octanol–water partition coefficient (Wildman–Crippen LogP) is 0.774. The molecule has 2 nitrogen and oxygen atoms in total. The van der Waals surface area contributed by atoms with Crippen LogP contribution in [0.1, 0.15) is 26.7 Å². The van der Waals surface area contributed by atoms with Gasteiger partial charge in [0, 0.05) is 0 Å². The Morgan fingerprint density at radius 2 is 1.30 bits per heavy atom. The summed E-state index contributed by atoms with van der Waals surface area (Å²) in [5.41, 5.74) is 0. The zero-order valence-electron chi connectivity index (χ0n) is 6.62. The molecule has 0 aromatic rings. The van der Waals surface area contributed by atoms with Crippen molar-refractivity contribution in [3.05, 3.63) is 0 Å². The molecule has 2 atom stereocenters. The molecule has 1 aliphatic carbocycles. The maximum atomic E-state index is 9.09. The van der Waals surface area contributed by atoms with Crippen molar-refractivity contribution < 1.29 is 10.2 Å². The van der Waals surface area contributed by atoms with Gasteiger partial charge in [0.2, 0.25) is 0 Å². The first-order valence-electron chi connectivity index (χ1n) is 3.97. The highest BCUT2D eigenvalue weighted by molar-refractivity contribution is 4.85. The quantitative estimate of drug-likeness (QED) is 0.601. The van der Waals surface area contributed by atoms with Crippen molar-refractivity contribution in [2.45, 2.75) is 38.9 Å². The fourth-order valence-corrected chi connectivity index (χ4v) is 1.50. The van der Waals surface area contributed by atoms with E-state index in [0.717, 1.165) is 12.8 Å².